The van der Waals surface area contributed by atoms with Crippen molar-refractivity contribution in [1.29, 1.82) is 0 Å². The predicted octanol–water partition coefficient (Wildman–Crippen LogP) is -4.37. The number of nitrogens with zero attached hydrogens (tertiary/aromatic N) is 3. The Morgan fingerprint density at radius 2 is 1.07 bits per heavy atom. The molecule has 107 heavy (non-hydrogen) atoms. The summed E-state index contributed by atoms with van der Waals surface area (Å²) in [6.07, 6.45) is -1.96. The number of benzene rings is 1. The number of likely N-dealkylation sites (N-methyl/N-ethyl adjacent to an activating group) is 1. The minimum Gasteiger partial charge on any atom is -0.481 e. The Morgan fingerprint density at radius 3 is 1.57 bits per heavy atom. The fourth-order valence-corrected chi connectivity index (χ4v) is 12.4. The number of ether oxygens (including phenoxy) is 2. The average molecular weight is 1570 g/mol. The molecule has 0 aromatic heterocycles. The molecule has 600 valence electrons. The van der Waals surface area contributed by atoms with Crippen molar-refractivity contribution in [2.45, 2.75) is 161 Å². The molecule has 2 saturated heterocycles. The minimum atomic E-state index is -1.79. The lowest BCUT2D eigenvalue weighted by atomic mass is 9.86. The second kappa shape index (κ2) is 49.7. The number of rotatable bonds is 34. The van der Waals surface area contributed by atoms with E-state index in [2.05, 4.69) is 89.7 Å². The number of amides is 12. The molecular weight excluding hydrogens is 1460 g/mol. The molecule has 2 heterocycles. The quantitative estimate of drug-likeness (QED) is 0.00774. The Hall–Kier alpha value is -9.10. The summed E-state index contributed by atoms with van der Waals surface area (Å²) >= 11 is 0.848. The number of hydrogen-bond acceptors (Lipinski definition) is 26. The van der Waals surface area contributed by atoms with E-state index in [0.29, 0.717) is 76.1 Å². The van der Waals surface area contributed by atoms with Crippen molar-refractivity contribution in [3.8, 4) is 0 Å². The normalized spacial score (nSPS) is 20.3. The zero-order valence-electron chi connectivity index (χ0n) is 61.7. The van der Waals surface area contributed by atoms with Crippen LogP contribution in [-0.4, -0.2) is 276 Å². The fourth-order valence-electron chi connectivity index (χ4n) is 9.24. The minimum absolute atomic E-state index is 0.00890. The Morgan fingerprint density at radius 1 is 0.579 bits per heavy atom. The van der Waals surface area contributed by atoms with Crippen molar-refractivity contribution in [3.63, 3.8) is 0 Å². The zero-order valence-corrected chi connectivity index (χ0v) is 64.2. The molecule has 2 fully saturated rings. The number of oxime groups is 2. The number of carboxylic acid groups (broad SMARTS) is 2. The summed E-state index contributed by atoms with van der Waals surface area (Å²) in [4.78, 5) is 186. The second-order valence-electron chi connectivity index (χ2n) is 26.0. The number of nitrogens with two attached hydrogens (primary N) is 2. The van der Waals surface area contributed by atoms with Crippen LogP contribution in [0.4, 0.5) is 0 Å². The summed E-state index contributed by atoms with van der Waals surface area (Å²) in [5, 5.41) is 81.4. The van der Waals surface area contributed by atoms with Gasteiger partial charge in [0.25, 0.3) is 0 Å². The van der Waals surface area contributed by atoms with Gasteiger partial charge in [-0.2, -0.15) is 0 Å². The summed E-state index contributed by atoms with van der Waals surface area (Å²) in [6.45, 7) is 18.9. The molecule has 39 nitrogen and oxygen atoms in total. The topological polar surface area (TPSA) is 596 Å². The summed E-state index contributed by atoms with van der Waals surface area (Å²) in [5.74, 6) is -13.7. The first-order chi connectivity index (χ1) is 50.4. The molecule has 0 spiro atoms. The number of carboxylic acids is 2. The van der Waals surface area contributed by atoms with Crippen LogP contribution in [0.3, 0.4) is 0 Å². The third-order valence-corrected chi connectivity index (χ3v) is 19.6. The molecule has 0 radical (unpaired) electrons. The van der Waals surface area contributed by atoms with Crippen LogP contribution in [0, 0.1) is 5.41 Å². The van der Waals surface area contributed by atoms with Gasteiger partial charge in [-0.05, 0) is 66.9 Å². The van der Waals surface area contributed by atoms with E-state index in [4.69, 9.17) is 20.9 Å². The van der Waals surface area contributed by atoms with Crippen LogP contribution in [0.5, 0.6) is 0 Å². The van der Waals surface area contributed by atoms with Gasteiger partial charge in [0.2, 0.25) is 70.9 Å². The molecule has 22 N–H and O–H groups in total. The molecule has 0 unspecified atom stereocenters. The van der Waals surface area contributed by atoms with Crippen LogP contribution in [0.1, 0.15) is 106 Å². The fraction of sp³-hybridized carbons (Fsp3) is 0.646. The predicted molar refractivity (Wildman–Crippen MR) is 400 cm³/mol. The highest BCUT2D eigenvalue weighted by Gasteiger charge is 2.37. The summed E-state index contributed by atoms with van der Waals surface area (Å²) in [7, 11) is 1.75. The highest BCUT2D eigenvalue weighted by atomic mass is 33.1. The highest BCUT2D eigenvalue weighted by Crippen LogP contribution is 2.25. The van der Waals surface area contributed by atoms with Gasteiger partial charge in [0.1, 0.15) is 42.3 Å². The standard InChI is InChI=1S/C38H54N12O13S3.C27H53N7O7/c1-2-41-32(58)24-15-64-18-28(52)45-23(13-30(55)56)35(61)49-25-16-65-66-17-26(37(63)47-21(33(59)48-24)11-19-7-4-3-5-8-19)50-34(60)22(12-29(53)54)44-27(51)14-43-31(57)20(46-36(25)62)9-6-10-42-38(39)40;1-20(33-38)25(4,5)31-18-27(8,19-32-26(6,7)21(2)34-39)17-30-24(37)10-9-23(36)29-12-14-41-16-15-40-13-11-28-22(3)35/h3-5,7-8,20-26H,2,6,9-18H2,1H3,(H,41,58)(H,43,57)(H,44,51)(H,45,52)(H,46,62)(H,47,63)(H,48,59)(H,49,61)(H,50,60)(H,53,54)(H,55,56)(H4,39,40,42);31-32,38-39H,9-19H2,1-8H3,(H,28,35)(H,29,36)(H,30,37)/b;33-20+,34-21+/t20-,21-,22-,23-,24-,25-,26-;/m0./s1. The third kappa shape index (κ3) is 39.4. The number of aliphatic imine (C=N–C) groups is 1. The molecule has 12 amide bonds. The van der Waals surface area contributed by atoms with Crippen molar-refractivity contribution in [2.24, 2.45) is 32.2 Å². The number of aliphatic carboxylic acids is 2. The highest BCUT2D eigenvalue weighted by molar-refractivity contribution is 8.76. The van der Waals surface area contributed by atoms with E-state index in [-0.39, 0.29) is 86.1 Å². The van der Waals surface area contributed by atoms with Crippen LogP contribution in [0.15, 0.2) is 45.6 Å². The number of nitrogens with one attached hydrogen (secondary N) is 14. The molecule has 1 aromatic rings. The van der Waals surface area contributed by atoms with Gasteiger partial charge >= 0.3 is 11.9 Å². The van der Waals surface area contributed by atoms with Gasteiger partial charge in [-0.1, -0.05) is 69.2 Å². The van der Waals surface area contributed by atoms with Gasteiger partial charge in [0.05, 0.1) is 74.1 Å². The van der Waals surface area contributed by atoms with E-state index in [0.717, 1.165) is 33.3 Å². The molecule has 2 bridgehead atoms. The summed E-state index contributed by atoms with van der Waals surface area (Å²) in [6, 6.07) is -2.33. The van der Waals surface area contributed by atoms with Gasteiger partial charge in [0.15, 0.2) is 5.96 Å². The number of hydrogen-bond donors (Lipinski definition) is 20. The summed E-state index contributed by atoms with van der Waals surface area (Å²) in [5.41, 5.74) is 10.8. The van der Waals surface area contributed by atoms with Gasteiger partial charge < -0.3 is 116 Å². The van der Waals surface area contributed by atoms with Crippen molar-refractivity contribution in [3.05, 3.63) is 35.9 Å². The van der Waals surface area contributed by atoms with E-state index >= 15 is 0 Å². The van der Waals surface area contributed by atoms with Crippen LogP contribution in [-0.2, 0) is 83.0 Å². The van der Waals surface area contributed by atoms with E-state index in [1.807, 2.05) is 34.6 Å². The maximum absolute atomic E-state index is 14.2. The van der Waals surface area contributed by atoms with Crippen LogP contribution in [0.25, 0.3) is 0 Å². The molecule has 1 aromatic carbocycles. The van der Waals surface area contributed by atoms with Crippen molar-refractivity contribution >= 4 is 134 Å². The van der Waals surface area contributed by atoms with E-state index < -0.39 is 149 Å². The number of carbonyl (C=O) groups excluding carboxylic acids is 12. The van der Waals surface area contributed by atoms with Crippen molar-refractivity contribution < 1.29 is 97.2 Å². The van der Waals surface area contributed by atoms with Gasteiger partial charge in [-0.25, -0.2) is 0 Å². The SMILES string of the molecule is CC(=O)NCCOCCOCCNC(=O)CCC(=O)NCC(C)(CNC(C)(C)/C(C)=N/O)CNC(C)(C)/C(C)=N/O.CCNC(=O)[C@@H]1CSCC(=O)N[C@@H](CC(=O)O)C(=O)N[C@H]2CSSC[C@H](NC(=O)[C@H](CC(=O)O)NC(=O)CNC(=O)[C@H](CCCN=C(N)N)NC2=O)C(=O)N[C@@H](Cc2ccccc2)C(=O)N1. The number of thioether (sulfide) groups is 1. The molecule has 0 saturated carbocycles. The molecule has 2 aliphatic rings. The van der Waals surface area contributed by atoms with Gasteiger partial charge in [0, 0.05) is 94.7 Å². The maximum Gasteiger partial charge on any atom is 0.305 e. The number of fused-ring (bicyclic) bond motifs is 5. The van der Waals surface area contributed by atoms with E-state index in [1.165, 1.54) is 6.92 Å². The average Bonchev–Trinajstić information content (AvgIpc) is 1.07. The lowest BCUT2D eigenvalue weighted by Crippen LogP contribution is -2.60. The number of carbonyl (C=O) groups is 14. The van der Waals surface area contributed by atoms with E-state index in [9.17, 15) is 87.8 Å². The lowest BCUT2D eigenvalue weighted by molar-refractivity contribution is -0.141. The zero-order chi connectivity index (χ0) is 80.3. The molecule has 2 aliphatic heterocycles. The van der Waals surface area contributed by atoms with Gasteiger partial charge in [-0.3, -0.25) is 72.1 Å². The lowest BCUT2D eigenvalue weighted by Gasteiger charge is -2.38. The molecule has 7 atom stereocenters. The monoisotopic (exact) mass is 1570 g/mol. The first-order valence-corrected chi connectivity index (χ1v) is 37.9. The first-order valence-electron chi connectivity index (χ1n) is 34.3. The van der Waals surface area contributed by atoms with Crippen LogP contribution < -0.4 is 85.9 Å². The molecular formula is C65H107N19O20S3. The molecule has 3 rings (SSSR count). The molecule has 0 aliphatic carbocycles. The van der Waals surface area contributed by atoms with Crippen LogP contribution in [0.2, 0.25) is 0 Å². The first kappa shape index (κ1) is 94.0. The Kier molecular flexibility index (Phi) is 43.7. The van der Waals surface area contributed by atoms with Gasteiger partial charge in [-0.15, -0.1) is 11.8 Å². The Bertz CT molecular complexity index is 3210. The van der Waals surface area contributed by atoms with Crippen molar-refractivity contribution in [1.82, 2.24) is 74.4 Å². The second-order valence-corrected chi connectivity index (χ2v) is 29.6. The van der Waals surface area contributed by atoms with E-state index in [1.54, 1.807) is 51.1 Å². The Labute approximate surface area is 632 Å². The summed E-state index contributed by atoms with van der Waals surface area (Å²) < 4.78 is 10.7. The smallest absolute Gasteiger partial charge is 0.305 e. The largest absolute Gasteiger partial charge is 0.481 e. The number of guanidine groups is 1. The third-order valence-electron chi connectivity index (χ3n) is 16.2. The maximum atomic E-state index is 14.2. The Balaban J connectivity index is 0.000000815. The van der Waals surface area contributed by atoms with Crippen LogP contribution >= 0.6 is 33.3 Å². The molecule has 42 heteroatoms. The van der Waals surface area contributed by atoms with Crippen molar-refractivity contribution in [2.75, 3.05) is 102 Å².